The van der Waals surface area contributed by atoms with Crippen molar-refractivity contribution < 1.29 is 14.5 Å². The van der Waals surface area contributed by atoms with E-state index in [1.165, 1.54) is 18.6 Å². The van der Waals surface area contributed by atoms with Crippen molar-refractivity contribution in [3.05, 3.63) is 58.1 Å². The van der Waals surface area contributed by atoms with Crippen LogP contribution in [-0.4, -0.2) is 54.0 Å². The molecule has 2 aliphatic heterocycles. The number of nitro benzene ring substituents is 1. The zero-order valence-corrected chi connectivity index (χ0v) is 16.8. The predicted molar refractivity (Wildman–Crippen MR) is 113 cm³/mol. The van der Waals surface area contributed by atoms with Crippen LogP contribution in [0.4, 0.5) is 11.4 Å². The predicted octanol–water partition coefficient (Wildman–Crippen LogP) is 3.94. The summed E-state index contributed by atoms with van der Waals surface area (Å²) in [6, 6.07) is 10.9. The molecule has 0 spiro atoms. The van der Waals surface area contributed by atoms with Gasteiger partial charge in [0.15, 0.2) is 0 Å². The van der Waals surface area contributed by atoms with E-state index in [0.717, 1.165) is 43.6 Å². The summed E-state index contributed by atoms with van der Waals surface area (Å²) < 4.78 is 5.86. The van der Waals surface area contributed by atoms with Crippen LogP contribution in [0.5, 0.6) is 11.5 Å². The first-order chi connectivity index (χ1) is 14.5. The van der Waals surface area contributed by atoms with Crippen molar-refractivity contribution >= 4 is 24.0 Å². The van der Waals surface area contributed by atoms with Crippen LogP contribution in [0, 0.1) is 16.0 Å². The number of nitrogens with zero attached hydrogens (tertiary/aromatic N) is 4. The molecule has 2 aromatic carbocycles. The van der Waals surface area contributed by atoms with E-state index < -0.39 is 11.0 Å². The largest absolute Gasteiger partial charge is 0.457 e. The first-order valence-corrected chi connectivity index (χ1v) is 10.0. The molecule has 0 aliphatic carbocycles. The normalized spacial score (nSPS) is 21.2. The van der Waals surface area contributed by atoms with E-state index in [-0.39, 0.29) is 5.69 Å². The second kappa shape index (κ2) is 8.62. The minimum absolute atomic E-state index is 0.00662. The summed E-state index contributed by atoms with van der Waals surface area (Å²) in [4.78, 5) is 31.2. The number of ether oxygens (including phenoxy) is 1. The first kappa shape index (κ1) is 20.0. The SMILES string of the molecule is CN1CCCC(CN2C=Nc3ccc(Oc4ccc([N+](=O)[O-])cc4)cc3C2C=O)C1. The summed E-state index contributed by atoms with van der Waals surface area (Å²) in [5.74, 6) is 1.55. The van der Waals surface area contributed by atoms with Crippen molar-refractivity contribution in [1.82, 2.24) is 9.80 Å². The van der Waals surface area contributed by atoms with Crippen LogP contribution in [-0.2, 0) is 4.79 Å². The number of aliphatic imine (C=N–C) groups is 1. The maximum Gasteiger partial charge on any atom is 0.269 e. The van der Waals surface area contributed by atoms with Crippen LogP contribution >= 0.6 is 0 Å². The van der Waals surface area contributed by atoms with Gasteiger partial charge in [0.05, 0.1) is 16.9 Å². The Balaban J connectivity index is 1.51. The highest BCUT2D eigenvalue weighted by Crippen LogP contribution is 2.36. The number of benzene rings is 2. The van der Waals surface area contributed by atoms with Crippen molar-refractivity contribution in [2.45, 2.75) is 18.9 Å². The average molecular weight is 408 g/mol. The molecule has 8 nitrogen and oxygen atoms in total. The Bertz CT molecular complexity index is 960. The van der Waals surface area contributed by atoms with Crippen LogP contribution in [0.15, 0.2) is 47.5 Å². The van der Waals surface area contributed by atoms with Crippen molar-refractivity contribution in [2.24, 2.45) is 10.9 Å². The molecule has 0 radical (unpaired) electrons. The second-order valence-corrected chi connectivity index (χ2v) is 7.87. The molecular formula is C22H24N4O4. The van der Waals surface area contributed by atoms with Gasteiger partial charge < -0.3 is 19.3 Å². The number of fused-ring (bicyclic) bond motifs is 1. The number of likely N-dealkylation sites (tertiary alicyclic amines) is 1. The van der Waals surface area contributed by atoms with Gasteiger partial charge in [-0.1, -0.05) is 0 Å². The summed E-state index contributed by atoms with van der Waals surface area (Å²) >= 11 is 0. The Morgan fingerprint density at radius 1 is 1.23 bits per heavy atom. The molecule has 2 aliphatic rings. The third-order valence-corrected chi connectivity index (χ3v) is 5.62. The molecule has 0 aromatic heterocycles. The van der Waals surface area contributed by atoms with Gasteiger partial charge in [0, 0.05) is 30.8 Å². The van der Waals surface area contributed by atoms with E-state index in [4.69, 9.17) is 4.74 Å². The second-order valence-electron chi connectivity index (χ2n) is 7.87. The van der Waals surface area contributed by atoms with Crippen LogP contribution in [0.3, 0.4) is 0 Å². The molecule has 2 unspecified atom stereocenters. The minimum Gasteiger partial charge on any atom is -0.457 e. The van der Waals surface area contributed by atoms with Crippen LogP contribution in [0.25, 0.3) is 0 Å². The number of carbonyl (C=O) groups is 1. The Morgan fingerprint density at radius 2 is 2.00 bits per heavy atom. The minimum atomic E-state index is -0.450. The van der Waals surface area contributed by atoms with Crippen LogP contribution < -0.4 is 4.74 Å². The summed E-state index contributed by atoms with van der Waals surface area (Å²) in [6.45, 7) is 2.92. The molecule has 0 N–H and O–H groups in total. The zero-order chi connectivity index (χ0) is 21.1. The Hall–Kier alpha value is -3.26. The average Bonchev–Trinajstić information content (AvgIpc) is 2.74. The molecule has 0 saturated carbocycles. The Labute approximate surface area is 174 Å². The van der Waals surface area contributed by atoms with Gasteiger partial charge >= 0.3 is 0 Å². The van der Waals surface area contributed by atoms with Crippen molar-refractivity contribution in [3.8, 4) is 11.5 Å². The molecular weight excluding hydrogens is 384 g/mol. The van der Waals surface area contributed by atoms with Crippen molar-refractivity contribution in [1.29, 1.82) is 0 Å². The third kappa shape index (κ3) is 4.33. The molecule has 30 heavy (non-hydrogen) atoms. The standard InChI is InChI=1S/C22H24N4O4/c1-24-10-2-3-16(12-24)13-25-15-23-21-9-8-19(11-20(21)22(25)14-27)30-18-6-4-17(5-7-18)26(28)29/h4-9,11,14-16,22H,2-3,10,12-13H2,1H3. The van der Waals surface area contributed by atoms with Gasteiger partial charge in [0.2, 0.25) is 0 Å². The summed E-state index contributed by atoms with van der Waals surface area (Å²) in [7, 11) is 2.13. The number of aldehydes is 1. The van der Waals surface area contributed by atoms with E-state index in [9.17, 15) is 14.9 Å². The first-order valence-electron chi connectivity index (χ1n) is 10.0. The monoisotopic (exact) mass is 408 g/mol. The fourth-order valence-electron chi connectivity index (χ4n) is 4.14. The number of hydrogen-bond acceptors (Lipinski definition) is 7. The fourth-order valence-corrected chi connectivity index (χ4v) is 4.14. The van der Waals surface area contributed by atoms with E-state index >= 15 is 0 Å². The molecule has 156 valence electrons. The maximum absolute atomic E-state index is 12.0. The smallest absolute Gasteiger partial charge is 0.269 e. The van der Waals surface area contributed by atoms with Gasteiger partial charge in [-0.25, -0.2) is 4.99 Å². The highest BCUT2D eigenvalue weighted by molar-refractivity contribution is 5.78. The molecule has 0 amide bonds. The lowest BCUT2D eigenvalue weighted by atomic mass is 9.95. The summed E-state index contributed by atoms with van der Waals surface area (Å²) in [5, 5.41) is 10.8. The zero-order valence-electron chi connectivity index (χ0n) is 16.8. The Kier molecular flexibility index (Phi) is 5.76. The molecule has 0 bridgehead atoms. The third-order valence-electron chi connectivity index (χ3n) is 5.62. The summed E-state index contributed by atoms with van der Waals surface area (Å²) in [5.41, 5.74) is 1.56. The van der Waals surface area contributed by atoms with Gasteiger partial charge in [-0.15, -0.1) is 0 Å². The molecule has 4 rings (SSSR count). The molecule has 2 heterocycles. The highest BCUT2D eigenvalue weighted by Gasteiger charge is 2.28. The molecule has 1 fully saturated rings. The van der Waals surface area contributed by atoms with Gasteiger partial charge in [-0.3, -0.25) is 10.1 Å². The lowest BCUT2D eigenvalue weighted by Gasteiger charge is -2.36. The lowest BCUT2D eigenvalue weighted by molar-refractivity contribution is -0.384. The number of rotatable bonds is 6. The molecule has 2 atom stereocenters. The van der Waals surface area contributed by atoms with Gasteiger partial charge in [-0.2, -0.15) is 0 Å². The quantitative estimate of drug-likeness (QED) is 0.409. The lowest BCUT2D eigenvalue weighted by Crippen LogP contribution is -2.41. The van der Waals surface area contributed by atoms with Crippen LogP contribution in [0.2, 0.25) is 0 Å². The molecule has 8 heteroatoms. The maximum atomic E-state index is 12.0. The fraction of sp³-hybridized carbons (Fsp3) is 0.364. The van der Waals surface area contributed by atoms with E-state index in [1.807, 2.05) is 17.0 Å². The van der Waals surface area contributed by atoms with Gasteiger partial charge in [-0.05, 0) is 62.7 Å². The number of piperidine rings is 1. The highest BCUT2D eigenvalue weighted by atomic mass is 16.6. The number of hydrogen-bond donors (Lipinski definition) is 0. The van der Waals surface area contributed by atoms with E-state index in [1.54, 1.807) is 24.5 Å². The Morgan fingerprint density at radius 3 is 2.70 bits per heavy atom. The molecule has 1 saturated heterocycles. The number of nitro groups is 1. The van der Waals surface area contributed by atoms with Crippen molar-refractivity contribution in [3.63, 3.8) is 0 Å². The summed E-state index contributed by atoms with van der Waals surface area (Å²) in [6.07, 6.45) is 5.04. The van der Waals surface area contributed by atoms with Gasteiger partial charge in [0.1, 0.15) is 23.8 Å². The van der Waals surface area contributed by atoms with E-state index in [0.29, 0.717) is 17.4 Å². The topological polar surface area (TPSA) is 88.3 Å². The molecule has 2 aromatic rings. The number of non-ortho nitro benzene ring substituents is 1. The van der Waals surface area contributed by atoms with Gasteiger partial charge in [0.25, 0.3) is 5.69 Å². The number of carbonyl (C=O) groups excluding carboxylic acids is 1. The van der Waals surface area contributed by atoms with Crippen LogP contribution in [0.1, 0.15) is 24.4 Å². The van der Waals surface area contributed by atoms with Crippen molar-refractivity contribution in [2.75, 3.05) is 26.7 Å². The van der Waals surface area contributed by atoms with E-state index in [2.05, 4.69) is 16.9 Å².